The van der Waals surface area contributed by atoms with E-state index in [1.54, 1.807) is 29.0 Å². The van der Waals surface area contributed by atoms with E-state index in [1.807, 2.05) is 24.3 Å². The molecule has 0 radical (unpaired) electrons. The lowest BCUT2D eigenvalue weighted by atomic mass is 10.1. The predicted octanol–water partition coefficient (Wildman–Crippen LogP) is 1.60. The molecule has 2 amide bonds. The van der Waals surface area contributed by atoms with Crippen LogP contribution in [0.5, 0.6) is 5.75 Å². The second kappa shape index (κ2) is 5.69. The molecule has 7 nitrogen and oxygen atoms in total. The summed E-state index contributed by atoms with van der Waals surface area (Å²) in [7, 11) is 0. The van der Waals surface area contributed by atoms with Crippen molar-refractivity contribution in [3.05, 3.63) is 59.9 Å². The topological polar surface area (TPSA) is 84.7 Å². The van der Waals surface area contributed by atoms with E-state index in [2.05, 4.69) is 15.7 Å². The van der Waals surface area contributed by atoms with Gasteiger partial charge in [-0.25, -0.2) is 4.52 Å². The number of fused-ring (bicyclic) bond motifs is 2. The van der Waals surface area contributed by atoms with Gasteiger partial charge in [0.25, 0.3) is 11.8 Å². The number of aromatic nitrogens is 2. The second-order valence-electron chi connectivity index (χ2n) is 5.44. The first-order valence-corrected chi connectivity index (χ1v) is 7.47. The highest BCUT2D eigenvalue weighted by Gasteiger charge is 2.16. The maximum Gasteiger partial charge on any atom is 0.262 e. The molecule has 3 heterocycles. The first kappa shape index (κ1) is 14.3. The van der Waals surface area contributed by atoms with Gasteiger partial charge in [0.2, 0.25) is 0 Å². The van der Waals surface area contributed by atoms with Gasteiger partial charge in [0.1, 0.15) is 5.75 Å². The van der Waals surface area contributed by atoms with Gasteiger partial charge in [-0.05, 0) is 29.8 Å². The Morgan fingerprint density at radius 1 is 1.33 bits per heavy atom. The van der Waals surface area contributed by atoms with Gasteiger partial charge in [-0.15, -0.1) is 0 Å². The molecule has 1 aromatic carbocycles. The molecule has 1 aliphatic rings. The highest BCUT2D eigenvalue weighted by Crippen LogP contribution is 2.28. The number of benzene rings is 1. The summed E-state index contributed by atoms with van der Waals surface area (Å²) >= 11 is 0. The van der Waals surface area contributed by atoms with E-state index in [9.17, 15) is 9.59 Å². The van der Waals surface area contributed by atoms with Crippen LogP contribution in [0.3, 0.4) is 0 Å². The average molecular weight is 322 g/mol. The zero-order valence-corrected chi connectivity index (χ0v) is 12.7. The minimum Gasteiger partial charge on any atom is -0.482 e. The Morgan fingerprint density at radius 3 is 3.17 bits per heavy atom. The molecule has 2 N–H and O–H groups in total. The van der Waals surface area contributed by atoms with Crippen molar-refractivity contribution in [3.63, 3.8) is 0 Å². The smallest absolute Gasteiger partial charge is 0.262 e. The number of hydrogen-bond acceptors (Lipinski definition) is 4. The van der Waals surface area contributed by atoms with Gasteiger partial charge in [0.05, 0.1) is 23.0 Å². The van der Waals surface area contributed by atoms with Gasteiger partial charge in [-0.3, -0.25) is 9.59 Å². The lowest BCUT2D eigenvalue weighted by molar-refractivity contribution is -0.118. The quantitative estimate of drug-likeness (QED) is 0.767. The number of carbonyl (C=O) groups is 2. The molecule has 1 aliphatic heterocycles. The number of ether oxygens (including phenoxy) is 1. The number of anilines is 1. The molecule has 7 heteroatoms. The Kier molecular flexibility index (Phi) is 3.38. The van der Waals surface area contributed by atoms with E-state index in [-0.39, 0.29) is 18.4 Å². The first-order chi connectivity index (χ1) is 11.7. The summed E-state index contributed by atoms with van der Waals surface area (Å²) in [6, 6.07) is 11.0. The van der Waals surface area contributed by atoms with Crippen molar-refractivity contribution in [2.75, 3.05) is 11.9 Å². The van der Waals surface area contributed by atoms with Crippen molar-refractivity contribution in [1.82, 2.24) is 14.9 Å². The molecule has 0 fully saturated rings. The molecular formula is C17H14N4O3. The third kappa shape index (κ3) is 2.56. The Balaban J connectivity index is 1.50. The highest BCUT2D eigenvalue weighted by atomic mass is 16.5. The maximum absolute atomic E-state index is 12.4. The summed E-state index contributed by atoms with van der Waals surface area (Å²) in [5.74, 6) is 0.247. The monoisotopic (exact) mass is 322 g/mol. The molecule has 0 saturated heterocycles. The third-order valence-corrected chi connectivity index (χ3v) is 3.80. The molecule has 0 spiro atoms. The Hall–Kier alpha value is -3.35. The molecule has 0 unspecified atom stereocenters. The van der Waals surface area contributed by atoms with Gasteiger partial charge in [-0.1, -0.05) is 12.1 Å². The summed E-state index contributed by atoms with van der Waals surface area (Å²) in [6.45, 7) is 0.365. The molecule has 2 aromatic heterocycles. The SMILES string of the molecule is O=C1COc2ccc(CNC(=O)c3cnn4ccccc34)cc2N1. The van der Waals surface area contributed by atoms with Crippen LogP contribution >= 0.6 is 0 Å². The number of nitrogens with one attached hydrogen (secondary N) is 2. The Labute approximate surface area is 137 Å². The summed E-state index contributed by atoms with van der Waals surface area (Å²) < 4.78 is 6.97. The number of hydrogen-bond donors (Lipinski definition) is 2. The molecule has 4 rings (SSSR count). The predicted molar refractivity (Wildman–Crippen MR) is 86.9 cm³/mol. The van der Waals surface area contributed by atoms with Crippen LogP contribution in [0.2, 0.25) is 0 Å². The lowest BCUT2D eigenvalue weighted by Gasteiger charge is -2.18. The fraction of sp³-hybridized carbons (Fsp3) is 0.118. The van der Waals surface area contributed by atoms with E-state index in [0.717, 1.165) is 11.1 Å². The summed E-state index contributed by atoms with van der Waals surface area (Å²) in [5.41, 5.74) is 2.75. The van der Waals surface area contributed by atoms with Gasteiger partial charge >= 0.3 is 0 Å². The summed E-state index contributed by atoms with van der Waals surface area (Å²) in [4.78, 5) is 23.7. The third-order valence-electron chi connectivity index (χ3n) is 3.80. The number of amides is 2. The van der Waals surface area contributed by atoms with Crippen LogP contribution in [0.15, 0.2) is 48.8 Å². The first-order valence-electron chi connectivity index (χ1n) is 7.47. The second-order valence-corrected chi connectivity index (χ2v) is 5.44. The molecule has 0 atom stereocenters. The van der Waals surface area contributed by atoms with Gasteiger partial charge in [0, 0.05) is 12.7 Å². The van der Waals surface area contributed by atoms with Crippen LogP contribution in [0.4, 0.5) is 5.69 Å². The number of pyridine rings is 1. The van der Waals surface area contributed by atoms with Gasteiger partial charge < -0.3 is 15.4 Å². The van der Waals surface area contributed by atoms with Crippen LogP contribution in [0.1, 0.15) is 15.9 Å². The van der Waals surface area contributed by atoms with Crippen molar-refractivity contribution in [2.45, 2.75) is 6.54 Å². The lowest BCUT2D eigenvalue weighted by Crippen LogP contribution is -2.26. The maximum atomic E-state index is 12.4. The standard InChI is InChI=1S/C17H14N4O3/c22-16-10-24-15-5-4-11(7-13(15)20-16)8-18-17(23)12-9-19-21-6-2-1-3-14(12)21/h1-7,9H,8,10H2,(H,18,23)(H,20,22). The van der Waals surface area contributed by atoms with Crippen molar-refractivity contribution in [2.24, 2.45) is 0 Å². The minimum absolute atomic E-state index is 0.0256. The van der Waals surface area contributed by atoms with E-state index in [0.29, 0.717) is 23.5 Å². The number of carbonyl (C=O) groups excluding carboxylic acids is 2. The van der Waals surface area contributed by atoms with E-state index < -0.39 is 0 Å². The van der Waals surface area contributed by atoms with Crippen LogP contribution < -0.4 is 15.4 Å². The Bertz CT molecular complexity index is 948. The van der Waals surface area contributed by atoms with E-state index in [4.69, 9.17) is 4.74 Å². The van der Waals surface area contributed by atoms with Crippen LogP contribution in [-0.4, -0.2) is 28.0 Å². The van der Waals surface area contributed by atoms with Gasteiger partial charge in [0.15, 0.2) is 6.61 Å². The highest BCUT2D eigenvalue weighted by molar-refractivity contribution is 6.00. The van der Waals surface area contributed by atoms with Crippen molar-refractivity contribution in [3.8, 4) is 5.75 Å². The molecule has 120 valence electrons. The number of rotatable bonds is 3. The van der Waals surface area contributed by atoms with Crippen LogP contribution in [0.25, 0.3) is 5.52 Å². The largest absolute Gasteiger partial charge is 0.482 e. The zero-order chi connectivity index (χ0) is 16.5. The summed E-state index contributed by atoms with van der Waals surface area (Å²) in [6.07, 6.45) is 3.34. The zero-order valence-electron chi connectivity index (χ0n) is 12.7. The normalized spacial score (nSPS) is 13.1. The van der Waals surface area contributed by atoms with Crippen LogP contribution in [-0.2, 0) is 11.3 Å². The molecule has 3 aromatic rings. The van der Waals surface area contributed by atoms with Crippen LogP contribution in [0, 0.1) is 0 Å². The van der Waals surface area contributed by atoms with Gasteiger partial charge in [-0.2, -0.15) is 5.10 Å². The molecule has 0 bridgehead atoms. The van der Waals surface area contributed by atoms with Crippen molar-refractivity contribution in [1.29, 1.82) is 0 Å². The van der Waals surface area contributed by atoms with E-state index >= 15 is 0 Å². The fourth-order valence-electron chi connectivity index (χ4n) is 2.63. The molecule has 0 aliphatic carbocycles. The Morgan fingerprint density at radius 2 is 2.25 bits per heavy atom. The summed E-state index contributed by atoms with van der Waals surface area (Å²) in [5, 5.41) is 9.77. The molecule has 0 saturated carbocycles. The fourth-order valence-corrected chi connectivity index (χ4v) is 2.63. The average Bonchev–Trinajstić information content (AvgIpc) is 3.03. The van der Waals surface area contributed by atoms with Crippen molar-refractivity contribution < 1.29 is 14.3 Å². The minimum atomic E-state index is -0.200. The number of nitrogens with zero attached hydrogens (tertiary/aromatic N) is 2. The van der Waals surface area contributed by atoms with Crippen molar-refractivity contribution >= 4 is 23.0 Å². The molecular weight excluding hydrogens is 308 g/mol. The van der Waals surface area contributed by atoms with E-state index in [1.165, 1.54) is 0 Å². The molecule has 24 heavy (non-hydrogen) atoms.